The maximum absolute atomic E-state index is 11.0. The van der Waals surface area contributed by atoms with Gasteiger partial charge in [0.15, 0.2) is 11.5 Å². The molecule has 194 valence electrons. The second-order valence-corrected chi connectivity index (χ2v) is 9.97. The topological polar surface area (TPSA) is 77.0 Å². The number of benzene rings is 3. The molecule has 0 saturated heterocycles. The molecule has 0 unspecified atom stereocenters. The predicted molar refractivity (Wildman–Crippen MR) is 144 cm³/mol. The molecule has 6 nitrogen and oxygen atoms in total. The van der Waals surface area contributed by atoms with Crippen LogP contribution in [0.4, 0.5) is 0 Å². The van der Waals surface area contributed by atoms with Crippen LogP contribution in [0.2, 0.25) is 0 Å². The van der Waals surface area contributed by atoms with Crippen LogP contribution in [0.25, 0.3) is 22.3 Å². The number of carboxylic acid groups (broad SMARTS) is 1. The minimum Gasteiger partial charge on any atom is -0.493 e. The van der Waals surface area contributed by atoms with Crippen molar-refractivity contribution in [3.8, 4) is 39.5 Å². The number of carbonyl (C=O) groups is 1. The van der Waals surface area contributed by atoms with Crippen LogP contribution in [0.3, 0.4) is 0 Å². The average Bonchev–Trinajstić information content (AvgIpc) is 2.93. The highest BCUT2D eigenvalue weighted by Crippen LogP contribution is 2.39. The van der Waals surface area contributed by atoms with E-state index in [1.54, 1.807) is 0 Å². The van der Waals surface area contributed by atoms with Crippen molar-refractivity contribution in [3.63, 3.8) is 0 Å². The monoisotopic (exact) mass is 501 g/mol. The molecule has 1 fully saturated rings. The summed E-state index contributed by atoms with van der Waals surface area (Å²) in [5.41, 5.74) is 6.60. The molecular formula is C31H35NO5. The number of aliphatic carboxylic acids is 1. The molecule has 1 heterocycles. The number of ether oxygens (including phenoxy) is 3. The molecular weight excluding hydrogens is 466 g/mol. The van der Waals surface area contributed by atoms with Crippen molar-refractivity contribution in [2.45, 2.75) is 45.6 Å². The maximum atomic E-state index is 11.0. The second kappa shape index (κ2) is 11.7. The molecule has 1 aliphatic carbocycles. The van der Waals surface area contributed by atoms with Crippen molar-refractivity contribution in [1.82, 2.24) is 5.32 Å². The fraction of sp³-hybridized carbons (Fsp3) is 0.387. The first-order chi connectivity index (χ1) is 18.1. The van der Waals surface area contributed by atoms with Crippen LogP contribution in [-0.4, -0.2) is 37.4 Å². The summed E-state index contributed by atoms with van der Waals surface area (Å²) in [6.45, 7) is 4.35. The van der Waals surface area contributed by atoms with Gasteiger partial charge in [0.1, 0.15) is 19.0 Å². The van der Waals surface area contributed by atoms with Crippen LogP contribution in [0, 0.1) is 12.8 Å². The van der Waals surface area contributed by atoms with E-state index in [9.17, 15) is 4.79 Å². The van der Waals surface area contributed by atoms with Crippen LogP contribution < -0.4 is 19.5 Å². The Kier molecular flexibility index (Phi) is 7.95. The number of fused-ring (bicyclic) bond motifs is 1. The minimum atomic E-state index is -0.868. The molecule has 3 aromatic carbocycles. The minimum absolute atomic E-state index is 0.0828. The van der Waals surface area contributed by atoms with Crippen molar-refractivity contribution in [1.29, 1.82) is 0 Å². The first-order valence-electron chi connectivity index (χ1n) is 13.3. The van der Waals surface area contributed by atoms with Gasteiger partial charge in [-0.2, -0.15) is 0 Å². The van der Waals surface area contributed by atoms with Gasteiger partial charge >= 0.3 is 5.97 Å². The Morgan fingerprint density at radius 3 is 2.41 bits per heavy atom. The van der Waals surface area contributed by atoms with E-state index >= 15 is 0 Å². The average molecular weight is 502 g/mol. The summed E-state index contributed by atoms with van der Waals surface area (Å²) in [5.74, 6) is 2.11. The highest BCUT2D eigenvalue weighted by molar-refractivity contribution is 5.80. The van der Waals surface area contributed by atoms with E-state index in [1.807, 2.05) is 6.07 Å². The lowest BCUT2D eigenvalue weighted by molar-refractivity contribution is -0.136. The number of hydrogen-bond donors (Lipinski definition) is 2. The molecule has 3 aromatic rings. The molecule has 0 aromatic heterocycles. The molecule has 0 atom stereocenters. The Bertz CT molecular complexity index is 1250. The van der Waals surface area contributed by atoms with Gasteiger partial charge in [-0.3, -0.25) is 4.79 Å². The number of nitrogens with one attached hydrogen (secondary N) is 1. The van der Waals surface area contributed by atoms with E-state index in [1.165, 1.54) is 37.7 Å². The molecule has 1 aliphatic heterocycles. The zero-order valence-corrected chi connectivity index (χ0v) is 21.4. The molecule has 1 saturated carbocycles. The summed E-state index contributed by atoms with van der Waals surface area (Å²) in [6, 6.07) is 18.7. The lowest BCUT2D eigenvalue weighted by atomic mass is 9.90. The van der Waals surface area contributed by atoms with Crippen molar-refractivity contribution in [3.05, 3.63) is 65.7 Å². The van der Waals surface area contributed by atoms with Crippen LogP contribution >= 0.6 is 0 Å². The zero-order chi connectivity index (χ0) is 25.6. The van der Waals surface area contributed by atoms with Crippen molar-refractivity contribution >= 4 is 5.97 Å². The van der Waals surface area contributed by atoms with Gasteiger partial charge in [-0.25, -0.2) is 0 Å². The van der Waals surface area contributed by atoms with Crippen LogP contribution in [-0.2, 0) is 11.3 Å². The highest BCUT2D eigenvalue weighted by Gasteiger charge is 2.18. The van der Waals surface area contributed by atoms with Crippen molar-refractivity contribution in [2.24, 2.45) is 5.92 Å². The summed E-state index contributed by atoms with van der Waals surface area (Å²) in [7, 11) is 0. The second-order valence-electron chi connectivity index (χ2n) is 9.97. The predicted octanol–water partition coefficient (Wildman–Crippen LogP) is 6.23. The van der Waals surface area contributed by atoms with Crippen LogP contribution in [0.15, 0.2) is 54.6 Å². The largest absolute Gasteiger partial charge is 0.493 e. The maximum Gasteiger partial charge on any atom is 0.317 e. The fourth-order valence-electron chi connectivity index (χ4n) is 5.34. The third-order valence-corrected chi connectivity index (χ3v) is 7.36. The quantitative estimate of drug-likeness (QED) is 0.362. The zero-order valence-electron chi connectivity index (χ0n) is 21.4. The molecule has 37 heavy (non-hydrogen) atoms. The van der Waals surface area contributed by atoms with Gasteiger partial charge in [0.05, 0.1) is 13.2 Å². The van der Waals surface area contributed by atoms with Gasteiger partial charge in [-0.15, -0.1) is 0 Å². The lowest BCUT2D eigenvalue weighted by Crippen LogP contribution is -2.22. The Balaban J connectivity index is 1.43. The van der Waals surface area contributed by atoms with E-state index in [0.717, 1.165) is 45.1 Å². The molecule has 0 bridgehead atoms. The number of rotatable bonds is 9. The third kappa shape index (κ3) is 6.08. The molecule has 5 rings (SSSR count). The Labute approximate surface area is 218 Å². The number of hydrogen-bond acceptors (Lipinski definition) is 5. The molecule has 0 spiro atoms. The van der Waals surface area contributed by atoms with Gasteiger partial charge in [-0.1, -0.05) is 55.7 Å². The van der Waals surface area contributed by atoms with E-state index in [0.29, 0.717) is 32.3 Å². The SMILES string of the molecule is Cc1c(-c2ccc(CNCC(=O)O)c(OCC3CCCCC3)c2)cccc1-c1ccc2c(c1)OCCO2. The van der Waals surface area contributed by atoms with E-state index in [2.05, 4.69) is 60.8 Å². The van der Waals surface area contributed by atoms with Crippen molar-refractivity contribution in [2.75, 3.05) is 26.4 Å². The number of carboxylic acids is 1. The van der Waals surface area contributed by atoms with Crippen LogP contribution in [0.1, 0.15) is 43.2 Å². The van der Waals surface area contributed by atoms with Crippen molar-refractivity contribution < 1.29 is 24.1 Å². The van der Waals surface area contributed by atoms with Gasteiger partial charge in [-0.05, 0) is 71.7 Å². The summed E-state index contributed by atoms with van der Waals surface area (Å²) in [5, 5.41) is 12.0. The third-order valence-electron chi connectivity index (χ3n) is 7.36. The summed E-state index contributed by atoms with van der Waals surface area (Å²) < 4.78 is 17.9. The summed E-state index contributed by atoms with van der Waals surface area (Å²) >= 11 is 0. The fourth-order valence-corrected chi connectivity index (χ4v) is 5.34. The molecule has 2 N–H and O–H groups in total. The van der Waals surface area contributed by atoms with Gasteiger partial charge < -0.3 is 24.6 Å². The van der Waals surface area contributed by atoms with E-state index < -0.39 is 5.97 Å². The standard InChI is InChI=1S/C31H35NO5/c1-21-26(8-5-9-27(21)24-12-13-28-30(17-24)36-15-14-35-28)23-10-11-25(18-32-19-31(33)34)29(16-23)37-20-22-6-3-2-4-7-22/h5,8-13,16-17,22,32H,2-4,6-7,14-15,18-20H2,1H3,(H,33,34). The Morgan fingerprint density at radius 1 is 0.946 bits per heavy atom. The van der Waals surface area contributed by atoms with Gasteiger partial charge in [0.2, 0.25) is 0 Å². The van der Waals surface area contributed by atoms with E-state index in [-0.39, 0.29) is 6.54 Å². The van der Waals surface area contributed by atoms with Crippen LogP contribution in [0.5, 0.6) is 17.2 Å². The first kappa shape index (κ1) is 25.2. The highest BCUT2D eigenvalue weighted by atomic mass is 16.6. The molecule has 6 heteroatoms. The Morgan fingerprint density at radius 2 is 1.65 bits per heavy atom. The lowest BCUT2D eigenvalue weighted by Gasteiger charge is -2.23. The first-order valence-corrected chi connectivity index (χ1v) is 13.3. The normalized spacial score (nSPS) is 15.4. The summed E-state index contributed by atoms with van der Waals surface area (Å²) in [6.07, 6.45) is 6.28. The van der Waals surface area contributed by atoms with Gasteiger partial charge in [0, 0.05) is 12.1 Å². The smallest absolute Gasteiger partial charge is 0.317 e. The molecule has 2 aliphatic rings. The molecule has 0 radical (unpaired) electrons. The van der Waals surface area contributed by atoms with E-state index in [4.69, 9.17) is 19.3 Å². The van der Waals surface area contributed by atoms with Gasteiger partial charge in [0.25, 0.3) is 0 Å². The summed E-state index contributed by atoms with van der Waals surface area (Å²) in [4.78, 5) is 11.0. The molecule has 0 amide bonds. The Hall–Kier alpha value is -3.51.